The maximum Gasteiger partial charge on any atom is 0.331 e. The van der Waals surface area contributed by atoms with Crippen molar-refractivity contribution in [3.05, 3.63) is 60.2 Å². The van der Waals surface area contributed by atoms with Gasteiger partial charge in [0.05, 0.1) is 7.11 Å². The van der Waals surface area contributed by atoms with Gasteiger partial charge < -0.3 is 14.8 Å². The first-order valence-electron chi connectivity index (χ1n) is 7.80. The molecular formula is C19H17F2NO4S. The average molecular weight is 393 g/mol. The second-order valence-electron chi connectivity index (χ2n) is 5.17. The standard InChI is InChI=1S/C19H17F2NO4S/c1-25-15-7-2-13(3-8-15)4-11-18(24)26-12-17(23)22-14-5-9-16(10-6-14)27-19(20)21/h2-11,19H,12H2,1H3,(H,22,23)/b11-4+. The lowest BCUT2D eigenvalue weighted by Gasteiger charge is -2.06. The van der Waals surface area contributed by atoms with Gasteiger partial charge in [0.15, 0.2) is 6.61 Å². The number of hydrogen-bond donors (Lipinski definition) is 1. The van der Waals surface area contributed by atoms with Crippen LogP contribution in [0.5, 0.6) is 5.75 Å². The number of thioether (sulfide) groups is 1. The van der Waals surface area contributed by atoms with Crippen LogP contribution < -0.4 is 10.1 Å². The molecule has 142 valence electrons. The molecule has 2 aromatic carbocycles. The largest absolute Gasteiger partial charge is 0.497 e. The minimum Gasteiger partial charge on any atom is -0.497 e. The second kappa shape index (κ2) is 10.3. The number of rotatable bonds is 8. The summed E-state index contributed by atoms with van der Waals surface area (Å²) in [5.41, 5.74) is 1.20. The summed E-state index contributed by atoms with van der Waals surface area (Å²) in [5, 5.41) is 2.51. The van der Waals surface area contributed by atoms with Crippen LogP contribution in [0.15, 0.2) is 59.5 Å². The summed E-state index contributed by atoms with van der Waals surface area (Å²) in [6, 6.07) is 13.0. The van der Waals surface area contributed by atoms with Crippen molar-refractivity contribution in [3.63, 3.8) is 0 Å². The third kappa shape index (κ3) is 7.49. The molecule has 0 aromatic heterocycles. The maximum absolute atomic E-state index is 12.2. The number of halogens is 2. The molecule has 0 fully saturated rings. The van der Waals surface area contributed by atoms with Crippen molar-refractivity contribution < 1.29 is 27.8 Å². The first-order valence-corrected chi connectivity index (χ1v) is 8.68. The average Bonchev–Trinajstić information content (AvgIpc) is 2.66. The summed E-state index contributed by atoms with van der Waals surface area (Å²) in [6.45, 7) is -0.459. The summed E-state index contributed by atoms with van der Waals surface area (Å²) >= 11 is 0.416. The summed E-state index contributed by atoms with van der Waals surface area (Å²) in [4.78, 5) is 23.8. The quantitative estimate of drug-likeness (QED) is 0.414. The van der Waals surface area contributed by atoms with Crippen molar-refractivity contribution >= 4 is 35.4 Å². The number of methoxy groups -OCH3 is 1. The van der Waals surface area contributed by atoms with Crippen LogP contribution in [0.1, 0.15) is 5.56 Å². The van der Waals surface area contributed by atoms with Crippen LogP contribution in [0.2, 0.25) is 0 Å². The smallest absolute Gasteiger partial charge is 0.331 e. The number of carbonyl (C=O) groups excluding carboxylic acids is 2. The molecule has 0 bridgehead atoms. The lowest BCUT2D eigenvalue weighted by molar-refractivity contribution is -0.142. The van der Waals surface area contributed by atoms with Crippen molar-refractivity contribution in [2.24, 2.45) is 0 Å². The summed E-state index contributed by atoms with van der Waals surface area (Å²) in [6.07, 6.45) is 2.77. The molecule has 0 heterocycles. The predicted octanol–water partition coefficient (Wildman–Crippen LogP) is 4.21. The summed E-state index contributed by atoms with van der Waals surface area (Å²) in [7, 11) is 1.56. The van der Waals surface area contributed by atoms with E-state index in [9.17, 15) is 18.4 Å². The van der Waals surface area contributed by atoms with Gasteiger partial charge in [0.1, 0.15) is 5.75 Å². The molecule has 0 atom stereocenters. The third-order valence-corrected chi connectivity index (χ3v) is 3.96. The third-order valence-electron chi connectivity index (χ3n) is 3.24. The Hall–Kier alpha value is -2.87. The van der Waals surface area contributed by atoms with Gasteiger partial charge in [-0.05, 0) is 48.0 Å². The van der Waals surface area contributed by atoms with Crippen LogP contribution in [0.25, 0.3) is 6.08 Å². The molecule has 1 N–H and O–H groups in total. The van der Waals surface area contributed by atoms with Gasteiger partial charge >= 0.3 is 5.97 Å². The van der Waals surface area contributed by atoms with E-state index in [1.165, 1.54) is 30.3 Å². The first kappa shape index (κ1) is 20.4. The van der Waals surface area contributed by atoms with Gasteiger partial charge in [-0.25, -0.2) is 4.79 Å². The van der Waals surface area contributed by atoms with Gasteiger partial charge in [0, 0.05) is 16.7 Å². The Balaban J connectivity index is 1.77. The molecule has 0 radical (unpaired) electrons. The number of esters is 1. The fraction of sp³-hybridized carbons (Fsp3) is 0.158. The molecule has 0 aliphatic carbocycles. The van der Waals surface area contributed by atoms with Crippen LogP contribution in [-0.4, -0.2) is 31.4 Å². The Bertz CT molecular complexity index is 792. The molecule has 5 nitrogen and oxygen atoms in total. The molecule has 0 unspecified atom stereocenters. The van der Waals surface area contributed by atoms with E-state index in [1.807, 2.05) is 0 Å². The number of ether oxygens (including phenoxy) is 2. The molecule has 0 aliphatic heterocycles. The number of amides is 1. The van der Waals surface area contributed by atoms with Crippen molar-refractivity contribution in [2.75, 3.05) is 19.0 Å². The van der Waals surface area contributed by atoms with E-state index < -0.39 is 24.2 Å². The number of anilines is 1. The molecule has 8 heteroatoms. The topological polar surface area (TPSA) is 64.6 Å². The highest BCUT2D eigenvalue weighted by molar-refractivity contribution is 7.99. The Labute approximate surface area is 159 Å². The second-order valence-corrected chi connectivity index (χ2v) is 6.23. The normalized spacial score (nSPS) is 10.8. The molecule has 0 saturated carbocycles. The van der Waals surface area contributed by atoms with Gasteiger partial charge in [-0.1, -0.05) is 23.9 Å². The van der Waals surface area contributed by atoms with Crippen molar-refractivity contribution in [3.8, 4) is 5.75 Å². The van der Waals surface area contributed by atoms with Crippen LogP contribution in [0.4, 0.5) is 14.5 Å². The first-order chi connectivity index (χ1) is 13.0. The van der Waals surface area contributed by atoms with Crippen molar-refractivity contribution in [1.82, 2.24) is 0 Å². The minimum atomic E-state index is -2.50. The highest BCUT2D eigenvalue weighted by Crippen LogP contribution is 2.26. The van der Waals surface area contributed by atoms with Gasteiger partial charge in [-0.2, -0.15) is 8.78 Å². The molecular weight excluding hydrogens is 376 g/mol. The van der Waals surface area contributed by atoms with Crippen LogP contribution in [0.3, 0.4) is 0 Å². The van der Waals surface area contributed by atoms with Crippen LogP contribution in [0, 0.1) is 0 Å². The summed E-state index contributed by atoms with van der Waals surface area (Å²) < 4.78 is 34.4. The van der Waals surface area contributed by atoms with E-state index in [0.717, 1.165) is 5.56 Å². The Morgan fingerprint density at radius 2 is 1.78 bits per heavy atom. The maximum atomic E-state index is 12.2. The number of benzene rings is 2. The van der Waals surface area contributed by atoms with Crippen molar-refractivity contribution in [2.45, 2.75) is 10.7 Å². The molecule has 2 rings (SSSR count). The van der Waals surface area contributed by atoms with E-state index >= 15 is 0 Å². The van der Waals surface area contributed by atoms with E-state index in [2.05, 4.69) is 5.32 Å². The van der Waals surface area contributed by atoms with Gasteiger partial charge in [-0.3, -0.25) is 4.79 Å². The molecule has 0 saturated heterocycles. The fourth-order valence-electron chi connectivity index (χ4n) is 1.98. The van der Waals surface area contributed by atoms with Crippen LogP contribution in [-0.2, 0) is 14.3 Å². The van der Waals surface area contributed by atoms with Gasteiger partial charge in [0.25, 0.3) is 11.7 Å². The number of hydrogen-bond acceptors (Lipinski definition) is 5. The Morgan fingerprint density at radius 1 is 1.11 bits per heavy atom. The monoisotopic (exact) mass is 393 g/mol. The highest BCUT2D eigenvalue weighted by atomic mass is 32.2. The number of alkyl halides is 2. The molecule has 2 aromatic rings. The van der Waals surface area contributed by atoms with Gasteiger partial charge in [-0.15, -0.1) is 0 Å². The van der Waals surface area contributed by atoms with E-state index in [4.69, 9.17) is 9.47 Å². The number of carbonyl (C=O) groups is 2. The van der Waals surface area contributed by atoms with E-state index in [0.29, 0.717) is 28.1 Å². The highest BCUT2D eigenvalue weighted by Gasteiger charge is 2.08. The zero-order valence-electron chi connectivity index (χ0n) is 14.4. The van der Waals surface area contributed by atoms with Crippen LogP contribution >= 0.6 is 11.8 Å². The number of nitrogens with one attached hydrogen (secondary N) is 1. The van der Waals surface area contributed by atoms with Gasteiger partial charge in [0.2, 0.25) is 0 Å². The molecule has 0 aliphatic rings. The minimum absolute atomic E-state index is 0.387. The molecule has 0 spiro atoms. The summed E-state index contributed by atoms with van der Waals surface area (Å²) in [5.74, 6) is -3.00. The molecule has 27 heavy (non-hydrogen) atoms. The lowest BCUT2D eigenvalue weighted by Crippen LogP contribution is -2.20. The zero-order valence-corrected chi connectivity index (χ0v) is 15.2. The zero-order chi connectivity index (χ0) is 19.6. The predicted molar refractivity (Wildman–Crippen MR) is 99.9 cm³/mol. The molecule has 1 amide bonds. The SMILES string of the molecule is COc1ccc(/C=C/C(=O)OCC(=O)Nc2ccc(SC(F)F)cc2)cc1. The fourth-order valence-corrected chi connectivity index (χ4v) is 2.48. The van der Waals surface area contributed by atoms with Crippen molar-refractivity contribution in [1.29, 1.82) is 0 Å². The lowest BCUT2D eigenvalue weighted by atomic mass is 10.2. The Morgan fingerprint density at radius 3 is 2.37 bits per heavy atom. The Kier molecular flexibility index (Phi) is 7.81. The van der Waals surface area contributed by atoms with E-state index in [-0.39, 0.29) is 0 Å². The van der Waals surface area contributed by atoms with E-state index in [1.54, 1.807) is 37.5 Å².